The Morgan fingerprint density at radius 3 is 2.45 bits per heavy atom. The minimum Gasteiger partial charge on any atom is -0.481 e. The van der Waals surface area contributed by atoms with Crippen LogP contribution in [-0.4, -0.2) is 35.3 Å². The van der Waals surface area contributed by atoms with Crippen molar-refractivity contribution in [3.63, 3.8) is 0 Å². The number of carboxylic acids is 1. The Morgan fingerprint density at radius 2 is 1.76 bits per heavy atom. The van der Waals surface area contributed by atoms with E-state index in [0.717, 1.165) is 12.0 Å². The number of fused-ring (bicyclic) bond motifs is 1. The number of nitrogens with one attached hydrogen (secondary N) is 1. The average molecular weight is 398 g/mol. The van der Waals surface area contributed by atoms with Gasteiger partial charge in [0.25, 0.3) is 5.91 Å². The second-order valence-corrected chi connectivity index (χ2v) is 7.72. The summed E-state index contributed by atoms with van der Waals surface area (Å²) in [5, 5.41) is 11.4. The highest BCUT2D eigenvalue weighted by Gasteiger charge is 2.48. The second-order valence-electron chi connectivity index (χ2n) is 7.72. The van der Waals surface area contributed by atoms with Crippen molar-refractivity contribution >= 4 is 29.4 Å². The molecular formula is C22H26N2O5. The van der Waals surface area contributed by atoms with Crippen molar-refractivity contribution in [3.8, 4) is 0 Å². The number of carbonyl (C=O) groups is 4. The summed E-state index contributed by atoms with van der Waals surface area (Å²) in [7, 11) is 0. The molecule has 1 aliphatic heterocycles. The smallest absolute Gasteiger partial charge is 0.303 e. The zero-order valence-electron chi connectivity index (χ0n) is 16.5. The maximum absolute atomic E-state index is 12.7. The molecule has 1 fully saturated rings. The van der Waals surface area contributed by atoms with E-state index in [1.165, 1.54) is 4.90 Å². The molecule has 0 saturated carbocycles. The average Bonchev–Trinajstić information content (AvgIpc) is 2.94. The molecule has 3 rings (SSSR count). The Hall–Kier alpha value is -2.96. The third-order valence-corrected chi connectivity index (χ3v) is 5.56. The van der Waals surface area contributed by atoms with Crippen LogP contribution in [0.15, 0.2) is 35.9 Å². The molecule has 154 valence electrons. The number of benzene rings is 1. The summed E-state index contributed by atoms with van der Waals surface area (Å²) >= 11 is 0. The molecule has 1 aromatic carbocycles. The molecule has 1 aromatic rings. The van der Waals surface area contributed by atoms with Gasteiger partial charge in [-0.15, -0.1) is 0 Å². The van der Waals surface area contributed by atoms with Gasteiger partial charge in [-0.2, -0.15) is 0 Å². The molecule has 1 aliphatic carbocycles. The van der Waals surface area contributed by atoms with Crippen LogP contribution < -0.4 is 10.2 Å². The number of aliphatic carboxylic acids is 1. The first-order chi connectivity index (χ1) is 13.9. The molecule has 29 heavy (non-hydrogen) atoms. The number of carboxylic acid groups (broad SMARTS) is 1. The van der Waals surface area contributed by atoms with Crippen molar-refractivity contribution in [1.29, 1.82) is 0 Å². The number of rotatable bonds is 8. The van der Waals surface area contributed by atoms with Crippen LogP contribution in [0, 0.1) is 11.8 Å². The molecule has 2 aliphatic rings. The fourth-order valence-electron chi connectivity index (χ4n) is 3.94. The summed E-state index contributed by atoms with van der Waals surface area (Å²) in [6.07, 6.45) is 5.44. The maximum Gasteiger partial charge on any atom is 0.303 e. The van der Waals surface area contributed by atoms with Crippen LogP contribution in [0.5, 0.6) is 0 Å². The molecule has 7 nitrogen and oxygen atoms in total. The molecule has 7 heteroatoms. The van der Waals surface area contributed by atoms with E-state index in [9.17, 15) is 19.2 Å². The molecule has 1 heterocycles. The molecule has 1 saturated heterocycles. The fourth-order valence-corrected chi connectivity index (χ4v) is 3.94. The number of unbranched alkanes of at least 4 members (excludes halogenated alkanes) is 2. The summed E-state index contributed by atoms with van der Waals surface area (Å²) in [6.45, 7) is 2.45. The van der Waals surface area contributed by atoms with E-state index >= 15 is 0 Å². The van der Waals surface area contributed by atoms with Crippen LogP contribution in [0.25, 0.3) is 0 Å². The monoisotopic (exact) mass is 398 g/mol. The lowest BCUT2D eigenvalue weighted by molar-refractivity contribution is -0.137. The zero-order valence-corrected chi connectivity index (χ0v) is 16.5. The fraction of sp³-hybridized carbons (Fsp3) is 0.455. The first kappa shape index (κ1) is 20.8. The molecule has 0 bridgehead atoms. The SMILES string of the molecule is CC1=CC[C@H]2C(=O)N(c3ccc(C(=O)NCCCCCC(=O)O)cc3)C(=O)[C@@H]2C1. The van der Waals surface area contributed by atoms with E-state index in [1.54, 1.807) is 24.3 Å². The first-order valence-electron chi connectivity index (χ1n) is 10.0. The Labute approximate surface area is 169 Å². The van der Waals surface area contributed by atoms with Crippen molar-refractivity contribution in [2.75, 3.05) is 11.4 Å². The van der Waals surface area contributed by atoms with E-state index in [0.29, 0.717) is 43.5 Å². The molecule has 3 amide bonds. The van der Waals surface area contributed by atoms with E-state index in [1.807, 2.05) is 13.0 Å². The topological polar surface area (TPSA) is 104 Å². The van der Waals surface area contributed by atoms with Crippen molar-refractivity contribution in [3.05, 3.63) is 41.5 Å². The van der Waals surface area contributed by atoms with Crippen LogP contribution in [0.2, 0.25) is 0 Å². The van der Waals surface area contributed by atoms with E-state index < -0.39 is 5.97 Å². The minimum absolute atomic E-state index is 0.140. The van der Waals surface area contributed by atoms with Crippen molar-refractivity contribution in [1.82, 2.24) is 5.32 Å². The van der Waals surface area contributed by atoms with Gasteiger partial charge in [-0.25, -0.2) is 0 Å². The number of anilines is 1. The van der Waals surface area contributed by atoms with E-state index in [4.69, 9.17) is 5.11 Å². The van der Waals surface area contributed by atoms with Gasteiger partial charge in [0.1, 0.15) is 0 Å². The number of amides is 3. The van der Waals surface area contributed by atoms with Gasteiger partial charge in [-0.3, -0.25) is 24.1 Å². The van der Waals surface area contributed by atoms with Gasteiger partial charge < -0.3 is 10.4 Å². The third-order valence-electron chi connectivity index (χ3n) is 5.56. The Morgan fingerprint density at radius 1 is 1.07 bits per heavy atom. The number of imide groups is 1. The lowest BCUT2D eigenvalue weighted by atomic mass is 9.82. The predicted octanol–water partition coefficient (Wildman–Crippen LogP) is 2.91. The van der Waals surface area contributed by atoms with Gasteiger partial charge in [0.2, 0.25) is 11.8 Å². The van der Waals surface area contributed by atoms with Gasteiger partial charge in [-0.05, 0) is 56.9 Å². The highest BCUT2D eigenvalue weighted by atomic mass is 16.4. The van der Waals surface area contributed by atoms with Gasteiger partial charge in [0.15, 0.2) is 0 Å². The number of hydrogen-bond acceptors (Lipinski definition) is 4. The van der Waals surface area contributed by atoms with Crippen LogP contribution in [0.1, 0.15) is 55.8 Å². The van der Waals surface area contributed by atoms with Gasteiger partial charge in [0.05, 0.1) is 17.5 Å². The van der Waals surface area contributed by atoms with Crippen LogP contribution in [0.4, 0.5) is 5.69 Å². The molecule has 0 radical (unpaired) electrons. The molecule has 2 atom stereocenters. The minimum atomic E-state index is -0.810. The van der Waals surface area contributed by atoms with Crippen LogP contribution >= 0.6 is 0 Å². The van der Waals surface area contributed by atoms with Gasteiger partial charge >= 0.3 is 5.97 Å². The largest absolute Gasteiger partial charge is 0.481 e. The summed E-state index contributed by atoms with van der Waals surface area (Å²) in [5.74, 6) is -1.93. The first-order valence-corrected chi connectivity index (χ1v) is 10.0. The number of nitrogens with zero attached hydrogens (tertiary/aromatic N) is 1. The van der Waals surface area contributed by atoms with Crippen LogP contribution in [-0.2, 0) is 14.4 Å². The third kappa shape index (κ3) is 4.72. The summed E-state index contributed by atoms with van der Waals surface area (Å²) in [6, 6.07) is 6.49. The highest BCUT2D eigenvalue weighted by molar-refractivity contribution is 6.22. The molecule has 0 unspecified atom stereocenters. The predicted molar refractivity (Wildman–Crippen MR) is 107 cm³/mol. The standard InChI is InChI=1S/C22H26N2O5/c1-14-6-11-17-18(13-14)22(29)24(21(17)28)16-9-7-15(8-10-16)20(27)23-12-4-2-3-5-19(25)26/h6-10,17-18H,2-5,11-13H2,1H3,(H,23,27)(H,25,26)/t17-,18-/m1/s1. The lowest BCUT2D eigenvalue weighted by Gasteiger charge is -2.18. The van der Waals surface area contributed by atoms with E-state index in [2.05, 4.69) is 5.32 Å². The second kappa shape index (κ2) is 9.03. The molecule has 0 aromatic heterocycles. The van der Waals surface area contributed by atoms with Gasteiger partial charge in [0, 0.05) is 18.5 Å². The summed E-state index contributed by atoms with van der Waals surface area (Å²) in [5.41, 5.74) is 2.09. The number of carbonyl (C=O) groups excluding carboxylic acids is 3. The molecule has 0 spiro atoms. The quantitative estimate of drug-likeness (QED) is 0.398. The maximum atomic E-state index is 12.7. The Balaban J connectivity index is 1.55. The summed E-state index contributed by atoms with van der Waals surface area (Å²) < 4.78 is 0. The molecular weight excluding hydrogens is 372 g/mol. The van der Waals surface area contributed by atoms with Crippen molar-refractivity contribution in [2.24, 2.45) is 11.8 Å². The van der Waals surface area contributed by atoms with Gasteiger partial charge in [-0.1, -0.05) is 18.1 Å². The molecule has 2 N–H and O–H groups in total. The Bertz CT molecular complexity index is 843. The number of hydrogen-bond donors (Lipinski definition) is 2. The zero-order chi connectivity index (χ0) is 21.0. The van der Waals surface area contributed by atoms with E-state index in [-0.39, 0.29) is 36.0 Å². The summed E-state index contributed by atoms with van der Waals surface area (Å²) in [4.78, 5) is 49.4. The lowest BCUT2D eigenvalue weighted by Crippen LogP contribution is -2.31. The normalized spacial score (nSPS) is 21.0. The van der Waals surface area contributed by atoms with Crippen molar-refractivity contribution < 1.29 is 24.3 Å². The van der Waals surface area contributed by atoms with Crippen molar-refractivity contribution in [2.45, 2.75) is 45.4 Å². The Kier molecular flexibility index (Phi) is 6.46. The highest BCUT2D eigenvalue weighted by Crippen LogP contribution is 2.39. The number of allylic oxidation sites excluding steroid dienone is 2. The van der Waals surface area contributed by atoms with Crippen LogP contribution in [0.3, 0.4) is 0 Å².